The molecule has 1 aliphatic rings. The summed E-state index contributed by atoms with van der Waals surface area (Å²) in [6.45, 7) is 4.16. The first-order valence-corrected chi connectivity index (χ1v) is 12.3. The van der Waals surface area contributed by atoms with E-state index in [1.54, 1.807) is 12.1 Å². The highest BCUT2D eigenvalue weighted by molar-refractivity contribution is 7.89. The van der Waals surface area contributed by atoms with Crippen LogP contribution in [0.2, 0.25) is 0 Å². The Balaban J connectivity index is 1.42. The fourth-order valence-electron chi connectivity index (χ4n) is 3.50. The van der Waals surface area contributed by atoms with E-state index in [2.05, 4.69) is 10.6 Å². The van der Waals surface area contributed by atoms with Gasteiger partial charge in [0.15, 0.2) is 0 Å². The SMILES string of the molecule is CCc1ccc(NC(=O)C(=O)NCCN2CCN(S(=O)(=O)c3ccc([N+](=O)[O-])cc3)CC2)cc1. The standard InChI is InChI=1S/C22H27N5O6S/c1-2-17-3-5-18(6-4-17)24-22(29)21(28)23-11-12-25-13-15-26(16-14-25)34(32,33)20-9-7-19(8-10-20)27(30)31/h3-10H,2,11-16H2,1H3,(H,23,28)(H,24,29). The van der Waals surface area contributed by atoms with Gasteiger partial charge in [0.05, 0.1) is 9.82 Å². The van der Waals surface area contributed by atoms with Crippen molar-refractivity contribution in [1.82, 2.24) is 14.5 Å². The van der Waals surface area contributed by atoms with Crippen LogP contribution in [0.3, 0.4) is 0 Å². The molecule has 0 spiro atoms. The van der Waals surface area contributed by atoms with Gasteiger partial charge in [0.25, 0.3) is 5.69 Å². The van der Waals surface area contributed by atoms with Crippen LogP contribution in [0.15, 0.2) is 53.4 Å². The number of non-ortho nitro benzene ring substituents is 1. The van der Waals surface area contributed by atoms with Crippen LogP contribution in [-0.2, 0) is 26.0 Å². The van der Waals surface area contributed by atoms with Gasteiger partial charge in [-0.2, -0.15) is 4.31 Å². The third-order valence-corrected chi connectivity index (χ3v) is 7.47. The van der Waals surface area contributed by atoms with Gasteiger partial charge in [0.1, 0.15) is 0 Å². The average molecular weight is 490 g/mol. The monoisotopic (exact) mass is 489 g/mol. The first kappa shape index (κ1) is 25.3. The first-order chi connectivity index (χ1) is 16.2. The van der Waals surface area contributed by atoms with E-state index in [1.165, 1.54) is 28.6 Å². The highest BCUT2D eigenvalue weighted by Gasteiger charge is 2.28. The van der Waals surface area contributed by atoms with Crippen LogP contribution >= 0.6 is 0 Å². The molecule has 3 rings (SSSR count). The van der Waals surface area contributed by atoms with Crippen molar-refractivity contribution in [2.24, 2.45) is 0 Å². The highest BCUT2D eigenvalue weighted by Crippen LogP contribution is 2.20. The van der Waals surface area contributed by atoms with Crippen molar-refractivity contribution in [2.45, 2.75) is 18.2 Å². The molecule has 2 aromatic carbocycles. The van der Waals surface area contributed by atoms with Crippen LogP contribution in [0.25, 0.3) is 0 Å². The molecule has 2 amide bonds. The molecule has 0 atom stereocenters. The molecular formula is C22H27N5O6S. The Kier molecular flexibility index (Phi) is 8.31. The summed E-state index contributed by atoms with van der Waals surface area (Å²) in [6.07, 6.45) is 0.881. The van der Waals surface area contributed by atoms with Gasteiger partial charge in [-0.05, 0) is 36.2 Å². The summed E-state index contributed by atoms with van der Waals surface area (Å²) in [6, 6.07) is 12.1. The molecule has 12 heteroatoms. The number of nitro groups is 1. The number of carbonyl (C=O) groups is 2. The third kappa shape index (κ3) is 6.37. The lowest BCUT2D eigenvalue weighted by molar-refractivity contribution is -0.384. The lowest BCUT2D eigenvalue weighted by Gasteiger charge is -2.33. The van der Waals surface area contributed by atoms with E-state index in [0.29, 0.717) is 25.3 Å². The molecule has 2 N–H and O–H groups in total. The molecule has 1 heterocycles. The van der Waals surface area contributed by atoms with Crippen molar-refractivity contribution >= 4 is 33.2 Å². The molecule has 34 heavy (non-hydrogen) atoms. The molecule has 1 saturated heterocycles. The van der Waals surface area contributed by atoms with Crippen LogP contribution in [0, 0.1) is 10.1 Å². The number of anilines is 1. The van der Waals surface area contributed by atoms with Crippen molar-refractivity contribution in [2.75, 3.05) is 44.6 Å². The van der Waals surface area contributed by atoms with Gasteiger partial charge >= 0.3 is 11.8 Å². The Morgan fingerprint density at radius 3 is 2.15 bits per heavy atom. The van der Waals surface area contributed by atoms with Gasteiger partial charge in [0.2, 0.25) is 10.0 Å². The summed E-state index contributed by atoms with van der Waals surface area (Å²) in [5, 5.41) is 15.9. The maximum Gasteiger partial charge on any atom is 0.313 e. The van der Waals surface area contributed by atoms with Crippen molar-refractivity contribution in [3.05, 3.63) is 64.2 Å². The van der Waals surface area contributed by atoms with Crippen molar-refractivity contribution in [1.29, 1.82) is 0 Å². The number of rotatable bonds is 8. The second-order valence-electron chi connectivity index (χ2n) is 7.76. The Labute approximate surface area is 197 Å². The molecular weight excluding hydrogens is 462 g/mol. The highest BCUT2D eigenvalue weighted by atomic mass is 32.2. The van der Waals surface area contributed by atoms with E-state index in [0.717, 1.165) is 12.0 Å². The minimum atomic E-state index is -3.75. The number of nitro benzene ring substituents is 1. The van der Waals surface area contributed by atoms with Crippen LogP contribution in [-0.4, -0.2) is 73.6 Å². The fourth-order valence-corrected chi connectivity index (χ4v) is 4.92. The van der Waals surface area contributed by atoms with Crippen molar-refractivity contribution in [3.8, 4) is 0 Å². The first-order valence-electron chi connectivity index (χ1n) is 10.9. The number of sulfonamides is 1. The lowest BCUT2D eigenvalue weighted by atomic mass is 10.1. The molecule has 0 aliphatic carbocycles. The Morgan fingerprint density at radius 1 is 0.971 bits per heavy atom. The molecule has 1 fully saturated rings. The van der Waals surface area contributed by atoms with E-state index < -0.39 is 26.8 Å². The number of benzene rings is 2. The van der Waals surface area contributed by atoms with E-state index in [9.17, 15) is 28.1 Å². The van der Waals surface area contributed by atoms with Crippen LogP contribution in [0.4, 0.5) is 11.4 Å². The smallest absolute Gasteiger partial charge is 0.313 e. The number of hydrogen-bond donors (Lipinski definition) is 2. The van der Waals surface area contributed by atoms with Gasteiger partial charge < -0.3 is 10.6 Å². The van der Waals surface area contributed by atoms with Gasteiger partial charge in [-0.15, -0.1) is 0 Å². The molecule has 0 saturated carbocycles. The van der Waals surface area contributed by atoms with E-state index in [-0.39, 0.29) is 30.2 Å². The molecule has 182 valence electrons. The molecule has 0 unspecified atom stereocenters. The molecule has 2 aromatic rings. The Bertz CT molecular complexity index is 1130. The zero-order valence-electron chi connectivity index (χ0n) is 18.8. The Hall–Kier alpha value is -3.35. The lowest BCUT2D eigenvalue weighted by Crippen LogP contribution is -2.50. The van der Waals surface area contributed by atoms with Crippen LogP contribution in [0.1, 0.15) is 12.5 Å². The van der Waals surface area contributed by atoms with Gasteiger partial charge in [-0.3, -0.25) is 24.6 Å². The molecule has 11 nitrogen and oxygen atoms in total. The maximum atomic E-state index is 12.8. The minimum absolute atomic E-state index is 0.00848. The number of hydrogen-bond acceptors (Lipinski definition) is 7. The zero-order chi connectivity index (χ0) is 24.7. The Morgan fingerprint density at radius 2 is 1.59 bits per heavy atom. The fraction of sp³-hybridized carbons (Fsp3) is 0.364. The second kappa shape index (κ2) is 11.2. The zero-order valence-corrected chi connectivity index (χ0v) is 19.6. The predicted molar refractivity (Wildman–Crippen MR) is 126 cm³/mol. The summed E-state index contributed by atoms with van der Waals surface area (Å²) in [4.78, 5) is 36.3. The van der Waals surface area contributed by atoms with Crippen molar-refractivity contribution in [3.63, 3.8) is 0 Å². The van der Waals surface area contributed by atoms with Crippen LogP contribution in [0.5, 0.6) is 0 Å². The molecule has 0 radical (unpaired) electrons. The summed E-state index contributed by atoms with van der Waals surface area (Å²) < 4.78 is 26.9. The number of nitrogens with one attached hydrogen (secondary N) is 2. The van der Waals surface area contributed by atoms with E-state index in [4.69, 9.17) is 0 Å². The summed E-state index contributed by atoms with van der Waals surface area (Å²) in [5.41, 5.74) is 1.50. The summed E-state index contributed by atoms with van der Waals surface area (Å²) in [7, 11) is -3.75. The van der Waals surface area contributed by atoms with Gasteiger partial charge in [-0.1, -0.05) is 19.1 Å². The van der Waals surface area contributed by atoms with Crippen molar-refractivity contribution < 1.29 is 22.9 Å². The number of carbonyl (C=O) groups excluding carboxylic acids is 2. The molecule has 1 aliphatic heterocycles. The second-order valence-corrected chi connectivity index (χ2v) is 9.70. The minimum Gasteiger partial charge on any atom is -0.347 e. The molecule has 0 aromatic heterocycles. The number of amides is 2. The topological polar surface area (TPSA) is 142 Å². The normalized spacial score (nSPS) is 15.0. The third-order valence-electron chi connectivity index (χ3n) is 5.56. The van der Waals surface area contributed by atoms with Gasteiger partial charge in [0, 0.05) is 57.1 Å². The number of aryl methyl sites for hydroxylation is 1. The largest absolute Gasteiger partial charge is 0.347 e. The summed E-state index contributed by atoms with van der Waals surface area (Å²) in [5.74, 6) is -1.48. The van der Waals surface area contributed by atoms with E-state index >= 15 is 0 Å². The summed E-state index contributed by atoms with van der Waals surface area (Å²) >= 11 is 0. The number of nitrogens with zero attached hydrogens (tertiary/aromatic N) is 3. The average Bonchev–Trinajstić information content (AvgIpc) is 2.84. The predicted octanol–water partition coefficient (Wildman–Crippen LogP) is 1.22. The molecule has 0 bridgehead atoms. The van der Waals surface area contributed by atoms with Gasteiger partial charge in [-0.25, -0.2) is 8.42 Å². The van der Waals surface area contributed by atoms with E-state index in [1.807, 2.05) is 24.0 Å². The van der Waals surface area contributed by atoms with Crippen LogP contribution < -0.4 is 10.6 Å². The maximum absolute atomic E-state index is 12.8. The quantitative estimate of drug-likeness (QED) is 0.322. The number of piperazine rings is 1.